The van der Waals surface area contributed by atoms with Crippen LogP contribution in [0.2, 0.25) is 0 Å². The van der Waals surface area contributed by atoms with Gasteiger partial charge >= 0.3 is 11.9 Å². The number of benzene rings is 3. The van der Waals surface area contributed by atoms with Gasteiger partial charge in [0.25, 0.3) is 5.91 Å². The lowest BCUT2D eigenvalue weighted by Crippen LogP contribution is -2.14. The van der Waals surface area contributed by atoms with Crippen LogP contribution >= 0.6 is 15.9 Å². The van der Waals surface area contributed by atoms with Crippen LogP contribution in [0.5, 0.6) is 11.5 Å². The number of carboxylic acid groups (broad SMARTS) is 2. The molecule has 1 amide bonds. The number of carboxylic acids is 2. The average Bonchev–Trinajstić information content (AvgIpc) is 2.86. The normalized spacial score (nSPS) is 10.8. The smallest absolute Gasteiger partial charge is 0.335 e. The summed E-state index contributed by atoms with van der Waals surface area (Å²) in [6.07, 6.45) is 1.36. The Kier molecular flexibility index (Phi) is 8.43. The van der Waals surface area contributed by atoms with E-state index in [1.807, 2.05) is 6.07 Å². The predicted octanol–water partition coefficient (Wildman–Crippen LogP) is 4.98. The van der Waals surface area contributed by atoms with Gasteiger partial charge in [0.15, 0.2) is 11.5 Å². The Labute approximate surface area is 214 Å². The second kappa shape index (κ2) is 11.7. The molecule has 182 valence electrons. The summed E-state index contributed by atoms with van der Waals surface area (Å²) < 4.78 is 11.8. The van der Waals surface area contributed by atoms with Crippen LogP contribution in [-0.2, 0) is 11.4 Å². The van der Waals surface area contributed by atoms with E-state index in [1.54, 1.807) is 24.3 Å². The minimum atomic E-state index is -1.14. The van der Waals surface area contributed by atoms with E-state index in [0.29, 0.717) is 21.5 Å². The van der Waals surface area contributed by atoms with Crippen molar-refractivity contribution in [1.82, 2.24) is 0 Å². The molecule has 3 aromatic rings. The standard InChI is InChI=1S/C26H19BrN2O7/c1-35-22-11-16(9-19(13-28)24(30)29-20-4-2-3-18(12-20)26(33)34)10-21(27)23(22)36-14-15-5-7-17(8-6-15)25(31)32/h2-12H,14H2,1H3,(H,29,30)(H,31,32)(H,33,34)/b19-9-. The zero-order valence-corrected chi connectivity index (χ0v) is 20.4. The number of carbonyl (C=O) groups excluding carboxylic acids is 1. The molecule has 0 aliphatic rings. The Balaban J connectivity index is 1.79. The number of nitrogens with one attached hydrogen (secondary N) is 1. The van der Waals surface area contributed by atoms with Gasteiger partial charge in [-0.1, -0.05) is 18.2 Å². The number of hydrogen-bond donors (Lipinski definition) is 3. The summed E-state index contributed by atoms with van der Waals surface area (Å²) in [5, 5.41) is 30.1. The lowest BCUT2D eigenvalue weighted by atomic mass is 10.1. The van der Waals surface area contributed by atoms with Crippen LogP contribution in [0.25, 0.3) is 6.08 Å². The first-order valence-electron chi connectivity index (χ1n) is 10.3. The molecule has 0 saturated carbocycles. The monoisotopic (exact) mass is 550 g/mol. The molecule has 9 nitrogen and oxygen atoms in total. The molecular weight excluding hydrogens is 532 g/mol. The molecule has 0 atom stereocenters. The molecule has 3 aromatic carbocycles. The minimum absolute atomic E-state index is 0.00243. The molecule has 0 radical (unpaired) electrons. The first-order valence-corrected chi connectivity index (χ1v) is 11.1. The third-order valence-corrected chi connectivity index (χ3v) is 5.47. The van der Waals surface area contributed by atoms with Crippen LogP contribution in [0.1, 0.15) is 31.8 Å². The molecular formula is C26H19BrN2O7. The minimum Gasteiger partial charge on any atom is -0.493 e. The van der Waals surface area contributed by atoms with E-state index in [2.05, 4.69) is 21.2 Å². The van der Waals surface area contributed by atoms with Gasteiger partial charge in [-0.2, -0.15) is 5.26 Å². The third kappa shape index (κ3) is 6.49. The molecule has 3 rings (SSSR count). The van der Waals surface area contributed by atoms with Crippen LogP contribution in [0.4, 0.5) is 5.69 Å². The largest absolute Gasteiger partial charge is 0.493 e. The zero-order valence-electron chi connectivity index (χ0n) is 18.8. The van der Waals surface area contributed by atoms with Gasteiger partial charge in [-0.05, 0) is 75.6 Å². The van der Waals surface area contributed by atoms with Gasteiger partial charge in [0, 0.05) is 5.69 Å². The van der Waals surface area contributed by atoms with E-state index in [1.165, 1.54) is 49.6 Å². The molecule has 0 aliphatic carbocycles. The van der Waals surface area contributed by atoms with Crippen molar-refractivity contribution in [3.8, 4) is 17.6 Å². The fourth-order valence-corrected chi connectivity index (χ4v) is 3.68. The van der Waals surface area contributed by atoms with Crippen LogP contribution in [0.15, 0.2) is 70.7 Å². The number of nitrogens with zero attached hydrogens (tertiary/aromatic N) is 1. The summed E-state index contributed by atoms with van der Waals surface area (Å²) in [6.45, 7) is 0.144. The van der Waals surface area contributed by atoms with Gasteiger partial charge in [-0.3, -0.25) is 4.79 Å². The van der Waals surface area contributed by atoms with Crippen LogP contribution in [0.3, 0.4) is 0 Å². The van der Waals surface area contributed by atoms with Crippen molar-refractivity contribution in [2.24, 2.45) is 0 Å². The van der Waals surface area contributed by atoms with E-state index in [4.69, 9.17) is 19.7 Å². The number of anilines is 1. The van der Waals surface area contributed by atoms with Crippen LogP contribution in [-0.4, -0.2) is 35.2 Å². The van der Waals surface area contributed by atoms with Crippen LogP contribution in [0, 0.1) is 11.3 Å². The number of ether oxygens (including phenoxy) is 2. The summed E-state index contributed by atoms with van der Waals surface area (Å²) in [4.78, 5) is 34.7. The maximum atomic E-state index is 12.6. The van der Waals surface area contributed by atoms with Gasteiger partial charge < -0.3 is 25.0 Å². The lowest BCUT2D eigenvalue weighted by molar-refractivity contribution is -0.112. The summed E-state index contributed by atoms with van der Waals surface area (Å²) in [7, 11) is 1.44. The lowest BCUT2D eigenvalue weighted by Gasteiger charge is -2.14. The predicted molar refractivity (Wildman–Crippen MR) is 134 cm³/mol. The first kappa shape index (κ1) is 26.0. The quantitative estimate of drug-likeness (QED) is 0.249. The molecule has 3 N–H and O–H groups in total. The summed E-state index contributed by atoms with van der Waals surface area (Å²) in [6, 6.07) is 17.0. The Bertz CT molecular complexity index is 1390. The average molecular weight is 551 g/mol. The number of aromatic carboxylic acids is 2. The number of amides is 1. The van der Waals surface area contributed by atoms with Crippen molar-refractivity contribution in [2.75, 3.05) is 12.4 Å². The van der Waals surface area contributed by atoms with Crippen molar-refractivity contribution in [3.63, 3.8) is 0 Å². The molecule has 0 heterocycles. The second-order valence-corrected chi connectivity index (χ2v) is 8.19. The van der Waals surface area contributed by atoms with Gasteiger partial charge in [0.2, 0.25) is 0 Å². The number of halogens is 1. The highest BCUT2D eigenvalue weighted by Gasteiger charge is 2.15. The molecule has 0 fully saturated rings. The molecule has 0 aliphatic heterocycles. The Morgan fingerprint density at radius 3 is 2.33 bits per heavy atom. The molecule has 0 aromatic heterocycles. The molecule has 0 bridgehead atoms. The van der Waals surface area contributed by atoms with E-state index < -0.39 is 17.8 Å². The van der Waals surface area contributed by atoms with E-state index in [-0.39, 0.29) is 29.0 Å². The Morgan fingerprint density at radius 2 is 1.72 bits per heavy atom. The van der Waals surface area contributed by atoms with Crippen molar-refractivity contribution in [1.29, 1.82) is 5.26 Å². The Hall–Kier alpha value is -4.62. The van der Waals surface area contributed by atoms with E-state index in [9.17, 15) is 19.6 Å². The second-order valence-electron chi connectivity index (χ2n) is 7.33. The number of hydrogen-bond acceptors (Lipinski definition) is 6. The van der Waals surface area contributed by atoms with E-state index >= 15 is 0 Å². The highest BCUT2D eigenvalue weighted by atomic mass is 79.9. The van der Waals surface area contributed by atoms with Crippen molar-refractivity contribution in [3.05, 3.63) is 93.0 Å². The maximum Gasteiger partial charge on any atom is 0.335 e. The highest BCUT2D eigenvalue weighted by Crippen LogP contribution is 2.38. The van der Waals surface area contributed by atoms with Crippen molar-refractivity contribution in [2.45, 2.75) is 6.61 Å². The number of nitriles is 1. The SMILES string of the molecule is COc1cc(/C=C(/C#N)C(=O)Nc2cccc(C(=O)O)c2)cc(Br)c1OCc1ccc(C(=O)O)cc1. The van der Waals surface area contributed by atoms with Gasteiger partial charge in [0.05, 0.1) is 22.7 Å². The molecule has 10 heteroatoms. The van der Waals surface area contributed by atoms with E-state index in [0.717, 1.165) is 5.56 Å². The highest BCUT2D eigenvalue weighted by molar-refractivity contribution is 9.10. The fraction of sp³-hybridized carbons (Fsp3) is 0.0769. The van der Waals surface area contributed by atoms with Crippen molar-refractivity contribution >= 4 is 45.5 Å². The summed E-state index contributed by atoms with van der Waals surface area (Å²) >= 11 is 3.42. The summed E-state index contributed by atoms with van der Waals surface area (Å²) in [5.41, 5.74) is 1.41. The molecule has 0 saturated heterocycles. The maximum absolute atomic E-state index is 12.6. The van der Waals surface area contributed by atoms with Gasteiger partial charge in [-0.15, -0.1) is 0 Å². The Morgan fingerprint density at radius 1 is 1.03 bits per heavy atom. The molecule has 0 unspecified atom stereocenters. The number of methoxy groups -OCH3 is 1. The van der Waals surface area contributed by atoms with Gasteiger partial charge in [0.1, 0.15) is 18.2 Å². The molecule has 0 spiro atoms. The molecule has 36 heavy (non-hydrogen) atoms. The van der Waals surface area contributed by atoms with Gasteiger partial charge in [-0.25, -0.2) is 9.59 Å². The number of rotatable bonds is 9. The third-order valence-electron chi connectivity index (χ3n) is 4.88. The first-order chi connectivity index (χ1) is 17.2. The fourth-order valence-electron chi connectivity index (χ4n) is 3.11. The zero-order chi connectivity index (χ0) is 26.2. The summed E-state index contributed by atoms with van der Waals surface area (Å²) in [5.74, 6) is -2.15. The van der Waals surface area contributed by atoms with Crippen LogP contribution < -0.4 is 14.8 Å². The topological polar surface area (TPSA) is 146 Å². The van der Waals surface area contributed by atoms with Crippen molar-refractivity contribution < 1.29 is 34.1 Å². The number of carbonyl (C=O) groups is 3.